The van der Waals surface area contributed by atoms with Crippen LogP contribution in [0.5, 0.6) is 5.75 Å². The minimum absolute atomic E-state index is 0.0185. The van der Waals surface area contributed by atoms with Crippen LogP contribution < -0.4 is 4.74 Å². The fourth-order valence-electron chi connectivity index (χ4n) is 4.37. The van der Waals surface area contributed by atoms with E-state index in [2.05, 4.69) is 23.6 Å². The largest absolute Gasteiger partial charge is 0.497 e. The summed E-state index contributed by atoms with van der Waals surface area (Å²) in [4.78, 5) is 7.45. The van der Waals surface area contributed by atoms with Gasteiger partial charge in [-0.05, 0) is 61.1 Å². The summed E-state index contributed by atoms with van der Waals surface area (Å²) < 4.78 is 5.31. The third-order valence-electron chi connectivity index (χ3n) is 5.74. The standard InChI is InChI=1S/C20H24N2O2/c1-3-13-11-22-7-6-14(13)9-20(22)19-8-15(12-23)17-10-16(24-2)4-5-18(17)21-19/h3-5,8,10,13-14,20,23H,1,6-7,9,11-12H2,2H3/t13-,14+,20+/m0/s1. The highest BCUT2D eigenvalue weighted by Gasteiger charge is 2.40. The Morgan fingerprint density at radius 1 is 1.42 bits per heavy atom. The fraction of sp³-hybridized carbons (Fsp3) is 0.450. The van der Waals surface area contributed by atoms with Crippen LogP contribution in [-0.4, -0.2) is 35.2 Å². The van der Waals surface area contributed by atoms with Crippen LogP contribution in [0.15, 0.2) is 36.9 Å². The predicted octanol–water partition coefficient (Wildman–Crippen LogP) is 3.30. The summed E-state index contributed by atoms with van der Waals surface area (Å²) >= 11 is 0. The van der Waals surface area contributed by atoms with Gasteiger partial charge in [0.1, 0.15) is 5.75 Å². The molecule has 3 aliphatic rings. The van der Waals surface area contributed by atoms with Crippen LogP contribution in [0, 0.1) is 11.8 Å². The number of benzene rings is 1. The average Bonchev–Trinajstić information content (AvgIpc) is 2.66. The zero-order valence-corrected chi connectivity index (χ0v) is 14.1. The van der Waals surface area contributed by atoms with E-state index in [1.807, 2.05) is 18.2 Å². The summed E-state index contributed by atoms with van der Waals surface area (Å²) in [5.74, 6) is 2.11. The maximum Gasteiger partial charge on any atom is 0.119 e. The second kappa shape index (κ2) is 6.19. The molecular weight excluding hydrogens is 300 g/mol. The van der Waals surface area contributed by atoms with Crippen LogP contribution in [0.3, 0.4) is 0 Å². The van der Waals surface area contributed by atoms with Crippen molar-refractivity contribution in [3.8, 4) is 5.75 Å². The van der Waals surface area contributed by atoms with Crippen molar-refractivity contribution < 1.29 is 9.84 Å². The second-order valence-electron chi connectivity index (χ2n) is 6.94. The molecule has 0 radical (unpaired) electrons. The molecule has 5 rings (SSSR count). The lowest BCUT2D eigenvalue weighted by Crippen LogP contribution is -2.48. The van der Waals surface area contributed by atoms with Crippen LogP contribution in [0.2, 0.25) is 0 Å². The third-order valence-corrected chi connectivity index (χ3v) is 5.74. The normalized spacial score (nSPS) is 28.9. The quantitative estimate of drug-likeness (QED) is 0.877. The number of fused-ring (bicyclic) bond motifs is 4. The van der Waals surface area contributed by atoms with E-state index >= 15 is 0 Å². The van der Waals surface area contributed by atoms with Gasteiger partial charge in [0, 0.05) is 11.9 Å². The molecule has 3 fully saturated rings. The van der Waals surface area contributed by atoms with Crippen molar-refractivity contribution in [2.75, 3.05) is 20.2 Å². The molecule has 1 aromatic heterocycles. The van der Waals surface area contributed by atoms with Crippen molar-refractivity contribution >= 4 is 10.9 Å². The smallest absolute Gasteiger partial charge is 0.119 e. The van der Waals surface area contributed by atoms with Crippen LogP contribution in [0.25, 0.3) is 10.9 Å². The van der Waals surface area contributed by atoms with Crippen molar-refractivity contribution in [3.05, 3.63) is 48.2 Å². The van der Waals surface area contributed by atoms with Crippen LogP contribution in [-0.2, 0) is 6.61 Å². The van der Waals surface area contributed by atoms with Gasteiger partial charge in [0.25, 0.3) is 0 Å². The molecule has 1 aromatic carbocycles. The summed E-state index contributed by atoms with van der Waals surface area (Å²) in [7, 11) is 1.66. The molecule has 2 aromatic rings. The van der Waals surface area contributed by atoms with E-state index in [0.29, 0.717) is 17.9 Å². The van der Waals surface area contributed by atoms with Crippen molar-refractivity contribution in [2.24, 2.45) is 11.8 Å². The number of hydrogen-bond acceptors (Lipinski definition) is 4. The molecule has 0 spiro atoms. The number of piperidine rings is 3. The highest BCUT2D eigenvalue weighted by atomic mass is 16.5. The predicted molar refractivity (Wildman–Crippen MR) is 94.9 cm³/mol. The maximum atomic E-state index is 9.84. The molecule has 3 aliphatic heterocycles. The third kappa shape index (κ3) is 2.50. The summed E-state index contributed by atoms with van der Waals surface area (Å²) in [5.41, 5.74) is 2.95. The monoisotopic (exact) mass is 324 g/mol. The minimum atomic E-state index is 0.0185. The van der Waals surface area contributed by atoms with E-state index in [4.69, 9.17) is 9.72 Å². The van der Waals surface area contributed by atoms with Gasteiger partial charge in [0.05, 0.1) is 31.0 Å². The molecule has 3 saturated heterocycles. The lowest BCUT2D eigenvalue weighted by Gasteiger charge is -2.49. The van der Waals surface area contributed by atoms with Gasteiger partial charge in [0.2, 0.25) is 0 Å². The van der Waals surface area contributed by atoms with Crippen LogP contribution in [0.1, 0.15) is 30.1 Å². The van der Waals surface area contributed by atoms with Gasteiger partial charge < -0.3 is 9.84 Å². The van der Waals surface area contributed by atoms with Crippen molar-refractivity contribution in [1.82, 2.24) is 9.88 Å². The zero-order valence-electron chi connectivity index (χ0n) is 14.1. The van der Waals surface area contributed by atoms with Crippen LogP contribution >= 0.6 is 0 Å². The summed E-state index contributed by atoms with van der Waals surface area (Å²) in [5, 5.41) is 10.8. The number of nitrogens with zero attached hydrogens (tertiary/aromatic N) is 2. The van der Waals surface area contributed by atoms with Gasteiger partial charge in [-0.1, -0.05) is 6.08 Å². The Morgan fingerprint density at radius 2 is 2.29 bits per heavy atom. The molecule has 4 heterocycles. The van der Waals surface area contributed by atoms with Gasteiger partial charge in [0.15, 0.2) is 0 Å². The summed E-state index contributed by atoms with van der Waals surface area (Å²) in [6, 6.07) is 8.31. The van der Waals surface area contributed by atoms with Crippen molar-refractivity contribution in [1.29, 1.82) is 0 Å². The first-order chi connectivity index (χ1) is 11.7. The Bertz CT molecular complexity index is 774. The topological polar surface area (TPSA) is 45.6 Å². The molecule has 4 atom stereocenters. The van der Waals surface area contributed by atoms with Gasteiger partial charge in [-0.15, -0.1) is 6.58 Å². The van der Waals surface area contributed by atoms with Gasteiger partial charge in [-0.25, -0.2) is 0 Å². The molecule has 1 unspecified atom stereocenters. The molecule has 0 aliphatic carbocycles. The molecule has 24 heavy (non-hydrogen) atoms. The van der Waals surface area contributed by atoms with E-state index in [1.165, 1.54) is 6.42 Å². The number of aliphatic hydroxyl groups excluding tert-OH is 1. The zero-order chi connectivity index (χ0) is 16.7. The molecule has 0 saturated carbocycles. The Balaban J connectivity index is 1.74. The van der Waals surface area contributed by atoms with E-state index in [1.54, 1.807) is 7.11 Å². The Hall–Kier alpha value is -1.91. The summed E-state index contributed by atoms with van der Waals surface area (Å²) in [6.07, 6.45) is 4.51. The number of methoxy groups -OCH3 is 1. The Morgan fingerprint density at radius 3 is 2.96 bits per heavy atom. The number of aromatic nitrogens is 1. The van der Waals surface area contributed by atoms with E-state index in [-0.39, 0.29) is 6.61 Å². The Kier molecular flexibility index (Phi) is 4.02. The SMILES string of the molecule is C=C[C@H]1CN2CC[C@@H]1C[C@@H]2c1cc(CO)c2cc(OC)ccc2n1. The molecule has 0 amide bonds. The van der Waals surface area contributed by atoms with E-state index in [0.717, 1.165) is 47.4 Å². The number of ether oxygens (including phenoxy) is 1. The second-order valence-corrected chi connectivity index (χ2v) is 6.94. The average molecular weight is 324 g/mol. The maximum absolute atomic E-state index is 9.84. The molecule has 1 N–H and O–H groups in total. The lowest BCUT2D eigenvalue weighted by molar-refractivity contribution is 0.0165. The highest BCUT2D eigenvalue weighted by Crippen LogP contribution is 2.43. The highest BCUT2D eigenvalue weighted by molar-refractivity contribution is 5.84. The van der Waals surface area contributed by atoms with Crippen LogP contribution in [0.4, 0.5) is 0 Å². The molecular formula is C20H24N2O2. The van der Waals surface area contributed by atoms with E-state index < -0.39 is 0 Å². The number of aliphatic hydroxyl groups is 1. The molecule has 2 bridgehead atoms. The van der Waals surface area contributed by atoms with Gasteiger partial charge in [-0.3, -0.25) is 9.88 Å². The summed E-state index contributed by atoms with van der Waals surface area (Å²) in [6.45, 7) is 6.23. The first-order valence-corrected chi connectivity index (χ1v) is 8.68. The van der Waals surface area contributed by atoms with Crippen molar-refractivity contribution in [3.63, 3.8) is 0 Å². The fourth-order valence-corrected chi connectivity index (χ4v) is 4.37. The van der Waals surface area contributed by atoms with E-state index in [9.17, 15) is 5.11 Å². The lowest BCUT2D eigenvalue weighted by atomic mass is 9.75. The van der Waals surface area contributed by atoms with Crippen molar-refractivity contribution in [2.45, 2.75) is 25.5 Å². The number of hydrogen-bond donors (Lipinski definition) is 1. The Labute approximate surface area is 142 Å². The molecule has 4 heteroatoms. The number of rotatable bonds is 4. The van der Waals surface area contributed by atoms with Gasteiger partial charge in [-0.2, -0.15) is 0 Å². The number of pyridine rings is 1. The molecule has 4 nitrogen and oxygen atoms in total. The first-order valence-electron chi connectivity index (χ1n) is 8.68. The molecule has 126 valence electrons. The minimum Gasteiger partial charge on any atom is -0.497 e. The first kappa shape index (κ1) is 15.6. The van der Waals surface area contributed by atoms with Gasteiger partial charge >= 0.3 is 0 Å².